The van der Waals surface area contributed by atoms with Gasteiger partial charge < -0.3 is 25.4 Å². The SMILES string of the molecule is CCc1cccc(C)c1C(=S)N[C@@H](Cc1ccc(NC(=O)C(Cc2cccnc2)NC(=O)OCC2c3ccccc3-c3ccccc32)cc1)C(=O)OC. The molecular weight excluding hydrogens is 685 g/mol. The number of ether oxygens (including phenoxy) is 2. The number of hydrogen-bond donors (Lipinski definition) is 3. The molecule has 1 aliphatic carbocycles. The van der Waals surface area contributed by atoms with E-state index in [0.717, 1.165) is 56.5 Å². The van der Waals surface area contributed by atoms with Gasteiger partial charge in [-0.15, -0.1) is 0 Å². The molecular formula is C43H42N4O5S. The van der Waals surface area contributed by atoms with Crippen molar-refractivity contribution in [1.29, 1.82) is 0 Å². The molecule has 1 aliphatic rings. The smallest absolute Gasteiger partial charge is 0.407 e. The number of carbonyl (C=O) groups excluding carboxylic acids is 3. The Morgan fingerprint density at radius 2 is 1.47 bits per heavy atom. The number of carbonyl (C=O) groups is 3. The van der Waals surface area contributed by atoms with Gasteiger partial charge in [-0.3, -0.25) is 9.78 Å². The molecule has 2 amide bonds. The first-order valence-electron chi connectivity index (χ1n) is 17.6. The Hall–Kier alpha value is -5.87. The zero-order valence-corrected chi connectivity index (χ0v) is 30.7. The van der Waals surface area contributed by atoms with Crippen molar-refractivity contribution in [1.82, 2.24) is 15.6 Å². The van der Waals surface area contributed by atoms with Crippen LogP contribution in [0.25, 0.3) is 11.1 Å². The van der Waals surface area contributed by atoms with E-state index in [-0.39, 0.29) is 18.9 Å². The van der Waals surface area contributed by atoms with Crippen molar-refractivity contribution in [3.63, 3.8) is 0 Å². The quantitative estimate of drug-likeness (QED) is 0.0870. The van der Waals surface area contributed by atoms with E-state index in [0.29, 0.717) is 17.1 Å². The highest BCUT2D eigenvalue weighted by Gasteiger charge is 2.30. The van der Waals surface area contributed by atoms with Gasteiger partial charge in [0.2, 0.25) is 5.91 Å². The van der Waals surface area contributed by atoms with Crippen LogP contribution in [-0.2, 0) is 38.3 Å². The van der Waals surface area contributed by atoms with E-state index in [9.17, 15) is 14.4 Å². The Bertz CT molecular complexity index is 2060. The number of thiocarbonyl (C=S) groups is 1. The molecule has 5 aromatic rings. The molecule has 10 heteroatoms. The zero-order valence-electron chi connectivity index (χ0n) is 29.9. The molecule has 53 heavy (non-hydrogen) atoms. The summed E-state index contributed by atoms with van der Waals surface area (Å²) in [6, 6.07) is 31.4. The van der Waals surface area contributed by atoms with Crippen LogP contribution in [0.1, 0.15) is 51.8 Å². The fourth-order valence-electron chi connectivity index (χ4n) is 6.85. The van der Waals surface area contributed by atoms with E-state index in [2.05, 4.69) is 52.1 Å². The first-order valence-corrected chi connectivity index (χ1v) is 18.0. The summed E-state index contributed by atoms with van der Waals surface area (Å²) in [4.78, 5) is 44.4. The summed E-state index contributed by atoms with van der Waals surface area (Å²) in [6.45, 7) is 4.19. The van der Waals surface area contributed by atoms with E-state index in [4.69, 9.17) is 21.7 Å². The molecule has 0 saturated heterocycles. The molecule has 0 radical (unpaired) electrons. The second-order valence-corrected chi connectivity index (χ2v) is 13.4. The van der Waals surface area contributed by atoms with Gasteiger partial charge in [0.05, 0.1) is 7.11 Å². The van der Waals surface area contributed by atoms with Crippen LogP contribution in [0.4, 0.5) is 10.5 Å². The summed E-state index contributed by atoms with van der Waals surface area (Å²) in [6.07, 6.45) is 3.93. The predicted molar refractivity (Wildman–Crippen MR) is 210 cm³/mol. The molecule has 9 nitrogen and oxygen atoms in total. The largest absolute Gasteiger partial charge is 0.467 e. The molecule has 1 unspecified atom stereocenters. The normalized spacial score (nSPS) is 12.8. The Labute approximate surface area is 315 Å². The van der Waals surface area contributed by atoms with Gasteiger partial charge in [0, 0.05) is 42.4 Å². The van der Waals surface area contributed by atoms with Gasteiger partial charge in [-0.1, -0.05) is 104 Å². The molecule has 0 bridgehead atoms. The summed E-state index contributed by atoms with van der Waals surface area (Å²) >= 11 is 5.76. The lowest BCUT2D eigenvalue weighted by molar-refractivity contribution is -0.142. The maximum Gasteiger partial charge on any atom is 0.407 e. The Morgan fingerprint density at radius 3 is 2.11 bits per heavy atom. The predicted octanol–water partition coefficient (Wildman–Crippen LogP) is 7.09. The molecule has 1 heterocycles. The Morgan fingerprint density at radius 1 is 0.792 bits per heavy atom. The minimum absolute atomic E-state index is 0.113. The lowest BCUT2D eigenvalue weighted by atomic mass is 9.98. The number of methoxy groups -OCH3 is 1. The Balaban J connectivity index is 1.11. The zero-order chi connectivity index (χ0) is 37.3. The second-order valence-electron chi connectivity index (χ2n) is 13.0. The molecule has 4 aromatic carbocycles. The van der Waals surface area contributed by atoms with Crippen molar-refractivity contribution in [3.05, 3.63) is 154 Å². The van der Waals surface area contributed by atoms with Crippen LogP contribution in [0.5, 0.6) is 0 Å². The van der Waals surface area contributed by atoms with Crippen LogP contribution in [0.2, 0.25) is 0 Å². The third-order valence-corrected chi connectivity index (χ3v) is 9.86. The number of nitrogens with one attached hydrogen (secondary N) is 3. The van der Waals surface area contributed by atoms with E-state index in [1.54, 1.807) is 30.6 Å². The molecule has 270 valence electrons. The average molecular weight is 727 g/mol. The number of alkyl carbamates (subject to hydrolysis) is 1. The van der Waals surface area contributed by atoms with Crippen molar-refractivity contribution >= 4 is 40.9 Å². The number of esters is 1. The first-order chi connectivity index (χ1) is 25.7. The van der Waals surface area contributed by atoms with Gasteiger partial charge in [-0.25, -0.2) is 9.59 Å². The number of fused-ring (bicyclic) bond motifs is 3. The minimum Gasteiger partial charge on any atom is -0.467 e. The summed E-state index contributed by atoms with van der Waals surface area (Å²) in [7, 11) is 1.35. The molecule has 6 rings (SSSR count). The number of amides is 2. The lowest BCUT2D eigenvalue weighted by Gasteiger charge is -2.21. The van der Waals surface area contributed by atoms with Crippen LogP contribution in [-0.4, -0.2) is 53.7 Å². The Kier molecular flexibility index (Phi) is 11.9. The number of hydrogen-bond acceptors (Lipinski definition) is 7. The third-order valence-electron chi connectivity index (χ3n) is 9.53. The summed E-state index contributed by atoms with van der Waals surface area (Å²) in [5.41, 5.74) is 9.64. The van der Waals surface area contributed by atoms with Gasteiger partial charge in [-0.2, -0.15) is 0 Å². The molecule has 1 aromatic heterocycles. The van der Waals surface area contributed by atoms with Crippen molar-refractivity contribution in [3.8, 4) is 11.1 Å². The maximum absolute atomic E-state index is 13.7. The average Bonchev–Trinajstić information content (AvgIpc) is 3.50. The van der Waals surface area contributed by atoms with Gasteiger partial charge in [0.15, 0.2) is 0 Å². The monoisotopic (exact) mass is 726 g/mol. The number of aryl methyl sites for hydroxylation is 2. The van der Waals surface area contributed by atoms with Crippen LogP contribution in [0, 0.1) is 6.92 Å². The molecule has 0 spiro atoms. The van der Waals surface area contributed by atoms with E-state index < -0.39 is 30.1 Å². The highest BCUT2D eigenvalue weighted by Crippen LogP contribution is 2.44. The molecule has 0 saturated carbocycles. The number of rotatable bonds is 13. The lowest BCUT2D eigenvalue weighted by Crippen LogP contribution is -2.45. The molecule has 0 fully saturated rings. The number of pyridine rings is 1. The summed E-state index contributed by atoms with van der Waals surface area (Å²) in [5.74, 6) is -0.966. The van der Waals surface area contributed by atoms with Crippen LogP contribution >= 0.6 is 12.2 Å². The van der Waals surface area contributed by atoms with Crippen molar-refractivity contribution in [2.45, 2.75) is 51.1 Å². The van der Waals surface area contributed by atoms with Crippen molar-refractivity contribution in [2.24, 2.45) is 0 Å². The fourth-order valence-corrected chi connectivity index (χ4v) is 7.28. The maximum atomic E-state index is 13.7. The third kappa shape index (κ3) is 8.78. The van der Waals surface area contributed by atoms with Gasteiger partial charge >= 0.3 is 12.1 Å². The topological polar surface area (TPSA) is 119 Å². The van der Waals surface area contributed by atoms with Crippen molar-refractivity contribution in [2.75, 3.05) is 19.0 Å². The standard InChI is InChI=1S/C43H42N4O5S/c1-4-30-13-9-11-27(2)39(30)41(53)46-38(42(49)51-3)23-28-18-20-31(21-19-28)45-40(48)37(24-29-12-10-22-44-25-29)47-43(50)52-26-36-34-16-7-5-14-32(34)33-15-6-8-17-35(33)36/h5-22,25,36-38H,4,23-24,26H2,1-3H3,(H,45,48)(H,46,53)(H,47,50)/t37?,38-/m0/s1. The minimum atomic E-state index is -0.946. The summed E-state index contributed by atoms with van der Waals surface area (Å²) < 4.78 is 10.9. The van der Waals surface area contributed by atoms with E-state index in [1.165, 1.54) is 7.11 Å². The van der Waals surface area contributed by atoms with Gasteiger partial charge in [0.1, 0.15) is 23.7 Å². The number of benzene rings is 4. The number of aromatic nitrogens is 1. The van der Waals surface area contributed by atoms with E-state index in [1.807, 2.05) is 67.6 Å². The molecule has 3 N–H and O–H groups in total. The van der Waals surface area contributed by atoms with Crippen LogP contribution in [0.3, 0.4) is 0 Å². The molecule has 0 aliphatic heterocycles. The highest BCUT2D eigenvalue weighted by molar-refractivity contribution is 7.80. The van der Waals surface area contributed by atoms with Gasteiger partial charge in [-0.05, 0) is 76.1 Å². The summed E-state index contributed by atoms with van der Waals surface area (Å²) in [5, 5.41) is 8.92. The highest BCUT2D eigenvalue weighted by atomic mass is 32.1. The number of anilines is 1. The fraction of sp³-hybridized carbons (Fsp3) is 0.233. The first kappa shape index (κ1) is 36.9. The molecule has 2 atom stereocenters. The van der Waals surface area contributed by atoms with Gasteiger partial charge in [0.25, 0.3) is 0 Å². The second kappa shape index (κ2) is 17.1. The van der Waals surface area contributed by atoms with Crippen molar-refractivity contribution < 1.29 is 23.9 Å². The number of nitrogens with zero attached hydrogens (tertiary/aromatic N) is 1. The van der Waals surface area contributed by atoms with Crippen LogP contribution < -0.4 is 16.0 Å². The van der Waals surface area contributed by atoms with E-state index >= 15 is 0 Å². The van der Waals surface area contributed by atoms with Crippen LogP contribution in [0.15, 0.2) is 116 Å².